The van der Waals surface area contributed by atoms with E-state index < -0.39 is 5.97 Å². The first-order chi connectivity index (χ1) is 13.4. The molecule has 0 radical (unpaired) electrons. The standard InChI is InChI=1S/C21H28N2O5/c1-14-2-7-18(28-14)8-9-19(24)22-17-5-3-15(4-6-17)20(25)23-12-10-16(11-13-23)21(26)27/h3-6,14,16,18H,2,7-13H2,1H3,(H,22,24)(H,26,27). The second-order valence-electron chi connectivity index (χ2n) is 7.71. The lowest BCUT2D eigenvalue weighted by atomic mass is 9.96. The third-order valence-electron chi connectivity index (χ3n) is 5.56. The van der Waals surface area contributed by atoms with Crippen molar-refractivity contribution in [1.29, 1.82) is 0 Å². The van der Waals surface area contributed by atoms with Crippen molar-refractivity contribution < 1.29 is 24.2 Å². The molecule has 2 saturated heterocycles. The number of rotatable bonds is 6. The number of anilines is 1. The quantitative estimate of drug-likeness (QED) is 0.781. The van der Waals surface area contributed by atoms with Crippen molar-refractivity contribution in [3.63, 3.8) is 0 Å². The lowest BCUT2D eigenvalue weighted by molar-refractivity contribution is -0.143. The molecule has 28 heavy (non-hydrogen) atoms. The van der Waals surface area contributed by atoms with Crippen molar-refractivity contribution in [2.24, 2.45) is 5.92 Å². The van der Waals surface area contributed by atoms with Crippen molar-refractivity contribution in [1.82, 2.24) is 4.90 Å². The van der Waals surface area contributed by atoms with E-state index in [2.05, 4.69) is 12.2 Å². The topological polar surface area (TPSA) is 95.9 Å². The van der Waals surface area contributed by atoms with Gasteiger partial charge < -0.3 is 20.1 Å². The predicted octanol–water partition coefficient (Wildman–Crippen LogP) is 2.91. The van der Waals surface area contributed by atoms with Crippen molar-refractivity contribution in [3.05, 3.63) is 29.8 Å². The Morgan fingerprint density at radius 1 is 1.11 bits per heavy atom. The zero-order valence-corrected chi connectivity index (χ0v) is 16.2. The van der Waals surface area contributed by atoms with Crippen LogP contribution in [0.1, 0.15) is 55.8 Å². The Morgan fingerprint density at radius 2 is 1.79 bits per heavy atom. The largest absolute Gasteiger partial charge is 0.481 e. The fraction of sp³-hybridized carbons (Fsp3) is 0.571. The maximum absolute atomic E-state index is 12.6. The van der Waals surface area contributed by atoms with Gasteiger partial charge in [0.25, 0.3) is 5.91 Å². The van der Waals surface area contributed by atoms with Crippen molar-refractivity contribution in [2.75, 3.05) is 18.4 Å². The molecule has 0 spiro atoms. The van der Waals surface area contributed by atoms with E-state index in [-0.39, 0.29) is 29.9 Å². The molecule has 2 aliphatic rings. The highest BCUT2D eigenvalue weighted by Crippen LogP contribution is 2.23. The Hall–Kier alpha value is -2.41. The van der Waals surface area contributed by atoms with Crippen LogP contribution in [0, 0.1) is 5.92 Å². The Labute approximate surface area is 165 Å². The Bertz CT molecular complexity index is 710. The molecule has 0 bridgehead atoms. The molecule has 2 unspecified atom stereocenters. The molecule has 7 heteroatoms. The van der Waals surface area contributed by atoms with E-state index in [1.54, 1.807) is 29.2 Å². The zero-order valence-electron chi connectivity index (χ0n) is 16.2. The Kier molecular flexibility index (Phi) is 6.67. The van der Waals surface area contributed by atoms with Gasteiger partial charge in [-0.25, -0.2) is 0 Å². The third kappa shape index (κ3) is 5.32. The highest BCUT2D eigenvalue weighted by Gasteiger charge is 2.27. The molecule has 1 aromatic carbocycles. The maximum Gasteiger partial charge on any atom is 0.306 e. The van der Waals surface area contributed by atoms with Crippen LogP contribution in [0.4, 0.5) is 5.69 Å². The number of likely N-dealkylation sites (tertiary alicyclic amines) is 1. The number of piperidine rings is 1. The van der Waals surface area contributed by atoms with Gasteiger partial charge in [-0.15, -0.1) is 0 Å². The number of carbonyl (C=O) groups excluding carboxylic acids is 2. The van der Waals surface area contributed by atoms with E-state index in [1.165, 1.54) is 0 Å². The average molecular weight is 388 g/mol. The van der Waals surface area contributed by atoms with E-state index in [9.17, 15) is 14.4 Å². The van der Waals surface area contributed by atoms with Crippen LogP contribution in [-0.2, 0) is 14.3 Å². The van der Waals surface area contributed by atoms with E-state index in [1.807, 2.05) is 0 Å². The molecule has 1 aromatic rings. The molecule has 3 rings (SSSR count). The molecule has 2 aliphatic heterocycles. The molecule has 2 atom stereocenters. The third-order valence-corrected chi connectivity index (χ3v) is 5.56. The van der Waals surface area contributed by atoms with Gasteiger partial charge in [0.05, 0.1) is 18.1 Å². The molecule has 7 nitrogen and oxygen atoms in total. The molecular weight excluding hydrogens is 360 g/mol. The first-order valence-corrected chi connectivity index (χ1v) is 10.00. The van der Waals surface area contributed by atoms with Gasteiger partial charge in [-0.05, 0) is 63.3 Å². The lowest BCUT2D eigenvalue weighted by Crippen LogP contribution is -2.40. The maximum atomic E-state index is 12.6. The molecule has 0 saturated carbocycles. The van der Waals surface area contributed by atoms with Crippen LogP contribution < -0.4 is 5.32 Å². The summed E-state index contributed by atoms with van der Waals surface area (Å²) in [6.07, 6.45) is 4.62. The number of ether oxygens (including phenoxy) is 1. The molecule has 2 heterocycles. The summed E-state index contributed by atoms with van der Waals surface area (Å²) in [4.78, 5) is 37.4. The van der Waals surface area contributed by atoms with Crippen LogP contribution in [0.15, 0.2) is 24.3 Å². The number of aliphatic carboxylic acids is 1. The van der Waals surface area contributed by atoms with Gasteiger partial charge in [-0.1, -0.05) is 0 Å². The van der Waals surface area contributed by atoms with E-state index in [0.717, 1.165) is 19.3 Å². The van der Waals surface area contributed by atoms with Crippen LogP contribution >= 0.6 is 0 Å². The molecule has 2 fully saturated rings. The number of carboxylic acid groups (broad SMARTS) is 1. The second-order valence-corrected chi connectivity index (χ2v) is 7.71. The number of nitrogens with one attached hydrogen (secondary N) is 1. The van der Waals surface area contributed by atoms with Crippen LogP contribution in [0.3, 0.4) is 0 Å². The Morgan fingerprint density at radius 3 is 2.36 bits per heavy atom. The molecule has 0 aliphatic carbocycles. The number of nitrogens with zero attached hydrogens (tertiary/aromatic N) is 1. The number of hydrogen-bond donors (Lipinski definition) is 2. The highest BCUT2D eigenvalue weighted by molar-refractivity contribution is 5.96. The smallest absolute Gasteiger partial charge is 0.306 e. The van der Waals surface area contributed by atoms with Crippen molar-refractivity contribution in [3.8, 4) is 0 Å². The predicted molar refractivity (Wildman–Crippen MR) is 104 cm³/mol. The highest BCUT2D eigenvalue weighted by atomic mass is 16.5. The summed E-state index contributed by atoms with van der Waals surface area (Å²) in [7, 11) is 0. The fourth-order valence-electron chi connectivity index (χ4n) is 3.82. The second kappa shape index (κ2) is 9.19. The molecule has 2 amide bonds. The molecular formula is C21H28N2O5. The first kappa shape index (κ1) is 20.3. The average Bonchev–Trinajstić information content (AvgIpc) is 3.12. The van der Waals surface area contributed by atoms with Crippen LogP contribution in [0.5, 0.6) is 0 Å². The minimum absolute atomic E-state index is 0.0574. The van der Waals surface area contributed by atoms with Crippen molar-refractivity contribution >= 4 is 23.5 Å². The van der Waals surface area contributed by atoms with E-state index in [4.69, 9.17) is 9.84 Å². The monoisotopic (exact) mass is 388 g/mol. The Balaban J connectivity index is 1.46. The normalized spacial score (nSPS) is 22.8. The number of amides is 2. The zero-order chi connectivity index (χ0) is 20.1. The lowest BCUT2D eigenvalue weighted by Gasteiger charge is -2.30. The summed E-state index contributed by atoms with van der Waals surface area (Å²) >= 11 is 0. The minimum atomic E-state index is -0.791. The van der Waals surface area contributed by atoms with Gasteiger partial charge in [0.2, 0.25) is 5.91 Å². The summed E-state index contributed by atoms with van der Waals surface area (Å²) in [6.45, 7) is 2.96. The fourth-order valence-corrected chi connectivity index (χ4v) is 3.82. The van der Waals surface area contributed by atoms with Gasteiger partial charge in [0, 0.05) is 30.8 Å². The van der Waals surface area contributed by atoms with Gasteiger partial charge in [0.15, 0.2) is 0 Å². The van der Waals surface area contributed by atoms with E-state index in [0.29, 0.717) is 43.6 Å². The molecule has 152 valence electrons. The van der Waals surface area contributed by atoms with Gasteiger partial charge >= 0.3 is 5.97 Å². The minimum Gasteiger partial charge on any atom is -0.481 e. The first-order valence-electron chi connectivity index (χ1n) is 10.00. The van der Waals surface area contributed by atoms with Crippen LogP contribution in [-0.4, -0.2) is 53.1 Å². The van der Waals surface area contributed by atoms with Crippen LogP contribution in [0.25, 0.3) is 0 Å². The SMILES string of the molecule is CC1CCC(CCC(=O)Nc2ccc(C(=O)N3CCC(C(=O)O)CC3)cc2)O1. The summed E-state index contributed by atoms with van der Waals surface area (Å²) in [5, 5.41) is 11.9. The summed E-state index contributed by atoms with van der Waals surface area (Å²) < 4.78 is 5.73. The summed E-state index contributed by atoms with van der Waals surface area (Å²) in [5.74, 6) is -1.31. The van der Waals surface area contributed by atoms with Crippen molar-refractivity contribution in [2.45, 2.75) is 57.7 Å². The molecule has 2 N–H and O–H groups in total. The number of carboxylic acids is 1. The molecule has 0 aromatic heterocycles. The van der Waals surface area contributed by atoms with Gasteiger partial charge in [-0.2, -0.15) is 0 Å². The number of carbonyl (C=O) groups is 3. The number of benzene rings is 1. The van der Waals surface area contributed by atoms with Crippen LogP contribution in [0.2, 0.25) is 0 Å². The van der Waals surface area contributed by atoms with Gasteiger partial charge in [-0.3, -0.25) is 14.4 Å². The summed E-state index contributed by atoms with van der Waals surface area (Å²) in [6, 6.07) is 6.85. The van der Waals surface area contributed by atoms with E-state index >= 15 is 0 Å². The number of hydrogen-bond acceptors (Lipinski definition) is 4. The van der Waals surface area contributed by atoms with Gasteiger partial charge in [0.1, 0.15) is 0 Å². The summed E-state index contributed by atoms with van der Waals surface area (Å²) in [5.41, 5.74) is 1.20.